The highest BCUT2D eigenvalue weighted by atomic mass is 19.1. The quantitative estimate of drug-likeness (QED) is 0.551. The first-order chi connectivity index (χ1) is 6.00. The molecule has 0 heterocycles. The molecule has 1 heteroatoms. The molecule has 0 aliphatic carbocycles. The zero-order valence-electron chi connectivity index (χ0n) is 9.87. The molecule has 0 radical (unpaired) electrons. The van der Waals surface area contributed by atoms with Crippen LogP contribution in [0.5, 0.6) is 0 Å². The summed E-state index contributed by atoms with van der Waals surface area (Å²) in [6.45, 7) is 15.3. The Hall–Kier alpha value is -0.590. The zero-order chi connectivity index (χ0) is 11.0. The van der Waals surface area contributed by atoms with Crippen molar-refractivity contribution in [3.05, 3.63) is 23.6 Å². The third kappa shape index (κ3) is 5.62. The molecule has 78 valence electrons. The van der Waals surface area contributed by atoms with Crippen molar-refractivity contribution in [1.29, 1.82) is 0 Å². The molecule has 0 amide bonds. The highest BCUT2D eigenvalue weighted by Crippen LogP contribution is 2.23. The summed E-state index contributed by atoms with van der Waals surface area (Å²) in [5.41, 5.74) is 1.70. The lowest BCUT2D eigenvalue weighted by molar-refractivity contribution is 0.615. The van der Waals surface area contributed by atoms with Gasteiger partial charge in [-0.2, -0.15) is 0 Å². The molecule has 0 bridgehead atoms. The van der Waals surface area contributed by atoms with Gasteiger partial charge in [-0.1, -0.05) is 41.2 Å². The van der Waals surface area contributed by atoms with Gasteiger partial charge in [-0.05, 0) is 30.4 Å². The van der Waals surface area contributed by atoms with Gasteiger partial charge in [0.05, 0.1) is 0 Å². The second kappa shape index (κ2) is 8.03. The van der Waals surface area contributed by atoms with Crippen molar-refractivity contribution in [2.45, 2.75) is 48.0 Å². The minimum Gasteiger partial charge on any atom is -0.212 e. The highest BCUT2D eigenvalue weighted by molar-refractivity contribution is 5.30. The first kappa shape index (κ1) is 14.9. The van der Waals surface area contributed by atoms with Crippen molar-refractivity contribution in [2.24, 2.45) is 5.92 Å². The minimum atomic E-state index is -0.0915. The molecule has 0 aromatic heterocycles. The van der Waals surface area contributed by atoms with Crippen LogP contribution < -0.4 is 0 Å². The van der Waals surface area contributed by atoms with Crippen LogP contribution in [0.25, 0.3) is 0 Å². The third-order valence-electron chi connectivity index (χ3n) is 1.85. The van der Waals surface area contributed by atoms with E-state index >= 15 is 0 Å². The Morgan fingerprint density at radius 2 is 1.69 bits per heavy atom. The second-order valence-electron chi connectivity index (χ2n) is 3.05. The van der Waals surface area contributed by atoms with Crippen molar-refractivity contribution in [2.75, 3.05) is 0 Å². The molecule has 0 saturated heterocycles. The van der Waals surface area contributed by atoms with Gasteiger partial charge in [0.25, 0.3) is 0 Å². The molecule has 0 aliphatic heterocycles. The average Bonchev–Trinajstić information content (AvgIpc) is 2.08. The Labute approximate surface area is 82.5 Å². The third-order valence-corrected chi connectivity index (χ3v) is 1.85. The lowest BCUT2D eigenvalue weighted by atomic mass is 9.95. The van der Waals surface area contributed by atoms with Crippen LogP contribution in [0.2, 0.25) is 0 Å². The number of hydrogen-bond acceptors (Lipinski definition) is 0. The summed E-state index contributed by atoms with van der Waals surface area (Å²) < 4.78 is 12.8. The summed E-state index contributed by atoms with van der Waals surface area (Å²) in [7, 11) is 0. The molecule has 0 aromatic carbocycles. The molecule has 13 heavy (non-hydrogen) atoms. The Morgan fingerprint density at radius 1 is 1.31 bits per heavy atom. The predicted octanol–water partition coefficient (Wildman–Crippen LogP) is 4.88. The van der Waals surface area contributed by atoms with Crippen LogP contribution in [-0.2, 0) is 0 Å². The number of allylic oxidation sites excluding steroid dienone is 3. The molecule has 0 fully saturated rings. The summed E-state index contributed by atoms with van der Waals surface area (Å²) in [4.78, 5) is 0. The normalized spacial score (nSPS) is 11.7. The molecule has 0 aliphatic rings. The molecular formula is C12H23F. The molecule has 0 saturated carbocycles. The van der Waals surface area contributed by atoms with E-state index in [-0.39, 0.29) is 5.83 Å². The molecule has 0 rings (SSSR count). The van der Waals surface area contributed by atoms with Crippen LogP contribution in [0.3, 0.4) is 0 Å². The topological polar surface area (TPSA) is 0 Å². The second-order valence-corrected chi connectivity index (χ2v) is 3.05. The van der Waals surface area contributed by atoms with Crippen LogP contribution >= 0.6 is 0 Å². The Bertz CT molecular complexity index is 172. The SMILES string of the molecule is C=C(/C(CC)=C(\C)F)C(C)C.CC. The van der Waals surface area contributed by atoms with Crippen molar-refractivity contribution in [3.8, 4) is 0 Å². The number of hydrogen-bond donors (Lipinski definition) is 0. The van der Waals surface area contributed by atoms with Crippen molar-refractivity contribution >= 4 is 0 Å². The predicted molar refractivity (Wildman–Crippen MR) is 59.4 cm³/mol. The minimum absolute atomic E-state index is 0.0915. The highest BCUT2D eigenvalue weighted by Gasteiger charge is 2.07. The van der Waals surface area contributed by atoms with Crippen molar-refractivity contribution in [3.63, 3.8) is 0 Å². The van der Waals surface area contributed by atoms with Crippen LogP contribution in [0.4, 0.5) is 4.39 Å². The number of rotatable bonds is 3. The van der Waals surface area contributed by atoms with Crippen LogP contribution in [0, 0.1) is 5.92 Å². The van der Waals surface area contributed by atoms with Gasteiger partial charge in [-0.15, -0.1) is 0 Å². The smallest absolute Gasteiger partial charge is 0.100 e. The summed E-state index contributed by atoms with van der Waals surface area (Å²) in [6.07, 6.45) is 0.735. The van der Waals surface area contributed by atoms with Gasteiger partial charge in [-0.3, -0.25) is 0 Å². The summed E-state index contributed by atoms with van der Waals surface area (Å²) in [5.74, 6) is 0.252. The lowest BCUT2D eigenvalue weighted by Crippen LogP contribution is -1.97. The van der Waals surface area contributed by atoms with E-state index in [1.165, 1.54) is 6.92 Å². The molecule has 0 atom stereocenters. The summed E-state index contributed by atoms with van der Waals surface area (Å²) >= 11 is 0. The van der Waals surface area contributed by atoms with Gasteiger partial charge >= 0.3 is 0 Å². The molecule has 0 unspecified atom stereocenters. The number of halogens is 1. The standard InChI is InChI=1S/C10H17F.C2H6/c1-6-10(9(5)11)8(4)7(2)3;1-2/h7H,4,6H2,1-3,5H3;1-2H3/b10-9+;. The summed E-state index contributed by atoms with van der Waals surface area (Å²) in [5, 5.41) is 0. The van der Waals surface area contributed by atoms with E-state index in [2.05, 4.69) is 6.58 Å². The van der Waals surface area contributed by atoms with E-state index in [9.17, 15) is 4.39 Å². The van der Waals surface area contributed by atoms with E-state index in [1.54, 1.807) is 0 Å². The van der Waals surface area contributed by atoms with Gasteiger partial charge < -0.3 is 0 Å². The maximum Gasteiger partial charge on any atom is 0.100 e. The monoisotopic (exact) mass is 186 g/mol. The first-order valence-corrected chi connectivity index (χ1v) is 5.05. The fourth-order valence-electron chi connectivity index (χ4n) is 1.04. The summed E-state index contributed by atoms with van der Waals surface area (Å²) in [6, 6.07) is 0. The van der Waals surface area contributed by atoms with Crippen LogP contribution in [0.15, 0.2) is 23.6 Å². The Balaban J connectivity index is 0. The molecule has 0 aromatic rings. The maximum absolute atomic E-state index is 12.8. The van der Waals surface area contributed by atoms with Gasteiger partial charge in [0, 0.05) is 0 Å². The van der Waals surface area contributed by atoms with Gasteiger partial charge in [0.1, 0.15) is 5.83 Å². The van der Waals surface area contributed by atoms with E-state index in [0.29, 0.717) is 5.92 Å². The lowest BCUT2D eigenvalue weighted by Gasteiger charge is -2.12. The van der Waals surface area contributed by atoms with Gasteiger partial charge in [-0.25, -0.2) is 4.39 Å². The molecule has 0 nitrogen and oxygen atoms in total. The fourth-order valence-corrected chi connectivity index (χ4v) is 1.04. The van der Waals surface area contributed by atoms with Gasteiger partial charge in [0.15, 0.2) is 0 Å². The maximum atomic E-state index is 12.8. The van der Waals surface area contributed by atoms with E-state index in [0.717, 1.165) is 17.6 Å². The average molecular weight is 186 g/mol. The molecule has 0 spiro atoms. The van der Waals surface area contributed by atoms with E-state index in [4.69, 9.17) is 0 Å². The molecule has 0 N–H and O–H groups in total. The Morgan fingerprint density at radius 3 is 1.77 bits per heavy atom. The fraction of sp³-hybridized carbons (Fsp3) is 0.667. The van der Waals surface area contributed by atoms with Gasteiger partial charge in [0.2, 0.25) is 0 Å². The van der Waals surface area contributed by atoms with Crippen LogP contribution in [0.1, 0.15) is 48.0 Å². The largest absolute Gasteiger partial charge is 0.212 e. The van der Waals surface area contributed by atoms with E-state index in [1.807, 2.05) is 34.6 Å². The molecular weight excluding hydrogens is 163 g/mol. The first-order valence-electron chi connectivity index (χ1n) is 5.05. The Kier molecular flexibility index (Phi) is 9.21. The van der Waals surface area contributed by atoms with Crippen molar-refractivity contribution < 1.29 is 4.39 Å². The zero-order valence-corrected chi connectivity index (χ0v) is 9.87. The van der Waals surface area contributed by atoms with E-state index < -0.39 is 0 Å². The van der Waals surface area contributed by atoms with Crippen molar-refractivity contribution in [1.82, 2.24) is 0 Å². The van der Waals surface area contributed by atoms with Crippen LogP contribution in [-0.4, -0.2) is 0 Å².